The van der Waals surface area contributed by atoms with Gasteiger partial charge in [-0.15, -0.1) is 105 Å². The summed E-state index contributed by atoms with van der Waals surface area (Å²) in [5.74, 6) is 0. The molecule has 5 rings (SSSR count). The predicted molar refractivity (Wildman–Crippen MR) is 189 cm³/mol. The molecule has 2 aliphatic rings. The Morgan fingerprint density at radius 3 is 0.675 bits per heavy atom. The number of hydrogen-bond acceptors (Lipinski definition) is 2. The first-order valence-corrected chi connectivity index (χ1v) is 11.8. The molecule has 3 aromatic heterocycles. The van der Waals surface area contributed by atoms with Crippen LogP contribution in [0, 0.1) is 0 Å². The van der Waals surface area contributed by atoms with Crippen LogP contribution in [0.15, 0.2) is 154 Å². The molecule has 0 aromatic carbocycles. The van der Waals surface area contributed by atoms with Crippen molar-refractivity contribution in [3.8, 4) is 0 Å². The molecular weight excluding hydrogens is 488 g/mol. The zero-order valence-electron chi connectivity index (χ0n) is 24.1. The maximum Gasteiger partial charge on any atom is 0.0658 e. The molecule has 0 amide bonds. The van der Waals surface area contributed by atoms with Crippen LogP contribution in [0.5, 0.6) is 0 Å². The van der Waals surface area contributed by atoms with E-state index in [-0.39, 0.29) is 0 Å². The van der Waals surface area contributed by atoms with E-state index in [1.165, 1.54) is 0 Å². The number of aromatic nitrogens is 4. The van der Waals surface area contributed by atoms with Crippen molar-refractivity contribution in [3.63, 3.8) is 0 Å². The number of aromatic amines is 2. The van der Waals surface area contributed by atoms with E-state index < -0.39 is 0 Å². The summed E-state index contributed by atoms with van der Waals surface area (Å²) in [4.78, 5) is 16.0. The summed E-state index contributed by atoms with van der Waals surface area (Å²) in [6, 6.07) is 16.4. The van der Waals surface area contributed by atoms with Crippen LogP contribution in [0.4, 0.5) is 0 Å². The molecule has 0 saturated carbocycles. The van der Waals surface area contributed by atoms with Crippen molar-refractivity contribution in [1.82, 2.24) is 19.9 Å². The summed E-state index contributed by atoms with van der Waals surface area (Å²) in [5, 5.41) is 0. The molecule has 0 saturated heterocycles. The number of nitrogens with one attached hydrogen (secondary N) is 2. The maximum atomic E-state index is 4.63. The van der Waals surface area contributed by atoms with Gasteiger partial charge in [-0.05, 0) is 72.8 Å². The van der Waals surface area contributed by atoms with E-state index in [1.807, 2.05) is 48.6 Å². The SMILES string of the molecule is C1=Cc2cc3ccc(cc4nc(cc5ccc(cc1n2)[nH]5)C=C4)[nH]3.C=C.C=C.C=C.C=C.C=C.C=C.C=C.C=C. The Morgan fingerprint density at radius 1 is 0.325 bits per heavy atom. The molecule has 0 unspecified atom stereocenters. The second kappa shape index (κ2) is 29.7. The molecule has 40 heavy (non-hydrogen) atoms. The predicted octanol–water partition coefficient (Wildman–Crippen LogP) is 11.1. The molecule has 5 heterocycles. The molecule has 0 atom stereocenters. The Bertz CT molecular complexity index is 1090. The van der Waals surface area contributed by atoms with E-state index in [0.717, 1.165) is 44.8 Å². The normalized spacial score (nSPS) is 8.40. The molecule has 210 valence electrons. The van der Waals surface area contributed by atoms with Crippen molar-refractivity contribution in [1.29, 1.82) is 0 Å². The topological polar surface area (TPSA) is 57.4 Å². The minimum absolute atomic E-state index is 0.939. The molecule has 0 fully saturated rings. The fraction of sp³-hybridized carbons (Fsp3) is 0. The summed E-state index contributed by atoms with van der Waals surface area (Å²) < 4.78 is 0. The molecule has 4 heteroatoms. The van der Waals surface area contributed by atoms with Gasteiger partial charge in [-0.2, -0.15) is 0 Å². The van der Waals surface area contributed by atoms with Crippen LogP contribution in [0.1, 0.15) is 22.8 Å². The fourth-order valence-corrected chi connectivity index (χ4v) is 2.94. The van der Waals surface area contributed by atoms with Gasteiger partial charge in [0, 0.05) is 22.1 Å². The molecule has 3 aromatic rings. The number of hydrogen-bond donors (Lipinski definition) is 2. The lowest BCUT2D eigenvalue weighted by Crippen LogP contribution is -1.75. The average Bonchev–Trinajstić information content (AvgIpc) is 3.88. The van der Waals surface area contributed by atoms with Crippen molar-refractivity contribution in [2.45, 2.75) is 0 Å². The van der Waals surface area contributed by atoms with Gasteiger partial charge in [-0.1, -0.05) is 0 Å². The number of H-pyrrole nitrogens is 2. The van der Waals surface area contributed by atoms with Gasteiger partial charge in [0.15, 0.2) is 0 Å². The third kappa shape index (κ3) is 14.9. The fourth-order valence-electron chi connectivity index (χ4n) is 2.94. The summed E-state index contributed by atoms with van der Waals surface area (Å²) in [7, 11) is 0. The van der Waals surface area contributed by atoms with Crippen molar-refractivity contribution in [3.05, 3.63) is 177 Å². The van der Waals surface area contributed by atoms with Crippen LogP contribution in [0.25, 0.3) is 46.4 Å². The largest absolute Gasteiger partial charge is 0.355 e. The summed E-state index contributed by atoms with van der Waals surface area (Å²) in [6.07, 6.45) is 8.09. The molecule has 0 spiro atoms. The number of rotatable bonds is 0. The molecule has 8 bridgehead atoms. The third-order valence-electron chi connectivity index (χ3n) is 4.04. The number of nitrogens with zero attached hydrogens (tertiary/aromatic N) is 2. The van der Waals surface area contributed by atoms with Gasteiger partial charge in [0.25, 0.3) is 0 Å². The zero-order chi connectivity index (χ0) is 31.9. The minimum Gasteiger partial charge on any atom is -0.355 e. The van der Waals surface area contributed by atoms with Crippen LogP contribution in [-0.2, 0) is 0 Å². The second-order valence-electron chi connectivity index (χ2n) is 5.91. The standard InChI is InChI=1S/C20H14N4.8C2H4/c1-2-14-10-16-5-6-18(23-16)12-20-8-7-19(24-20)11-17-4-3-15(22-17)9-13(1)21-14;8*1-2/h1-12,21,24H;8*1-2H2. The third-order valence-corrected chi connectivity index (χ3v) is 4.04. The zero-order valence-corrected chi connectivity index (χ0v) is 24.1. The molecule has 4 nitrogen and oxygen atoms in total. The number of fused-ring (bicyclic) bond motifs is 8. The lowest BCUT2D eigenvalue weighted by atomic mass is 10.3. The van der Waals surface area contributed by atoms with Crippen molar-refractivity contribution >= 4 is 46.4 Å². The van der Waals surface area contributed by atoms with Crippen molar-refractivity contribution in [2.24, 2.45) is 0 Å². The maximum absolute atomic E-state index is 4.63. The molecule has 2 aliphatic heterocycles. The van der Waals surface area contributed by atoms with E-state index in [9.17, 15) is 0 Å². The highest BCUT2D eigenvalue weighted by Gasteiger charge is 2.01. The van der Waals surface area contributed by atoms with Crippen LogP contribution in [0.2, 0.25) is 0 Å². The molecule has 0 aliphatic carbocycles. The van der Waals surface area contributed by atoms with Gasteiger partial charge in [-0.25, -0.2) is 9.97 Å². The Morgan fingerprint density at radius 2 is 0.500 bits per heavy atom. The highest BCUT2D eigenvalue weighted by molar-refractivity contribution is 5.77. The van der Waals surface area contributed by atoms with Gasteiger partial charge < -0.3 is 9.97 Å². The average molecular weight is 535 g/mol. The van der Waals surface area contributed by atoms with Gasteiger partial charge in [0.05, 0.1) is 22.8 Å². The second-order valence-corrected chi connectivity index (χ2v) is 5.91. The first kappa shape index (κ1) is 41.6. The quantitative estimate of drug-likeness (QED) is 0.194. The minimum atomic E-state index is 0.939. The summed E-state index contributed by atoms with van der Waals surface area (Å²) in [6.45, 7) is 48.0. The first-order valence-electron chi connectivity index (χ1n) is 11.8. The Hall–Kier alpha value is -5.48. The van der Waals surface area contributed by atoms with E-state index in [4.69, 9.17) is 0 Å². The van der Waals surface area contributed by atoms with Gasteiger partial charge in [-0.3, -0.25) is 0 Å². The molecule has 0 radical (unpaired) electrons. The van der Waals surface area contributed by atoms with Crippen LogP contribution >= 0.6 is 0 Å². The van der Waals surface area contributed by atoms with E-state index in [0.29, 0.717) is 0 Å². The molecule has 2 N–H and O–H groups in total. The highest BCUT2D eigenvalue weighted by Crippen LogP contribution is 2.16. The van der Waals surface area contributed by atoms with Gasteiger partial charge >= 0.3 is 0 Å². The Labute approximate surface area is 242 Å². The van der Waals surface area contributed by atoms with E-state index >= 15 is 0 Å². The summed E-state index contributed by atoms with van der Waals surface area (Å²) >= 11 is 0. The first-order chi connectivity index (χ1) is 19.8. The summed E-state index contributed by atoms with van der Waals surface area (Å²) in [5.41, 5.74) is 7.86. The Kier molecular flexibility index (Phi) is 31.0. The van der Waals surface area contributed by atoms with Crippen molar-refractivity contribution in [2.75, 3.05) is 0 Å². The van der Waals surface area contributed by atoms with Crippen LogP contribution < -0.4 is 0 Å². The van der Waals surface area contributed by atoms with Crippen molar-refractivity contribution < 1.29 is 0 Å². The molecular formula is C36H46N4. The lowest BCUT2D eigenvalue weighted by molar-refractivity contribution is 1.31. The van der Waals surface area contributed by atoms with Gasteiger partial charge in [0.2, 0.25) is 0 Å². The lowest BCUT2D eigenvalue weighted by Gasteiger charge is -1.85. The highest BCUT2D eigenvalue weighted by atomic mass is 14.8. The monoisotopic (exact) mass is 534 g/mol. The Balaban J connectivity index is -0.000000353. The van der Waals surface area contributed by atoms with Crippen LogP contribution in [-0.4, -0.2) is 19.9 Å². The van der Waals surface area contributed by atoms with Crippen LogP contribution in [0.3, 0.4) is 0 Å². The van der Waals surface area contributed by atoms with E-state index in [2.05, 4.69) is 149 Å². The van der Waals surface area contributed by atoms with Gasteiger partial charge in [0.1, 0.15) is 0 Å². The van der Waals surface area contributed by atoms with E-state index in [1.54, 1.807) is 0 Å². The smallest absolute Gasteiger partial charge is 0.0658 e.